The quantitative estimate of drug-likeness (QED) is 0.0670. The maximum Gasteiger partial charge on any atom is 0.410 e. The number of aliphatic hydroxyl groups is 1. The van der Waals surface area contributed by atoms with Crippen molar-refractivity contribution in [1.29, 1.82) is 0 Å². The molecule has 0 aromatic heterocycles. The van der Waals surface area contributed by atoms with Crippen molar-refractivity contribution in [3.8, 4) is 17.2 Å². The summed E-state index contributed by atoms with van der Waals surface area (Å²) in [4.78, 5) is 46.9. The molecule has 102 heavy (non-hydrogen) atoms. The van der Waals surface area contributed by atoms with Gasteiger partial charge in [0.15, 0.2) is 5.78 Å². The zero-order valence-corrected chi connectivity index (χ0v) is 61.5. The van der Waals surface area contributed by atoms with Gasteiger partial charge in [-0.2, -0.15) is 8.42 Å². The number of aliphatic hydroxyl groups excluding tert-OH is 1. The first-order chi connectivity index (χ1) is 48.6. The fraction of sp³-hybridized carbons (Fsp3) is 0.554. The van der Waals surface area contributed by atoms with Crippen molar-refractivity contribution in [2.45, 2.75) is 116 Å². The van der Waals surface area contributed by atoms with Crippen LogP contribution in [0.5, 0.6) is 17.2 Å². The number of Topliss-reactive ketones (excluding diaryl/α,β-unsaturated/α-hetero) is 1. The van der Waals surface area contributed by atoms with Crippen LogP contribution in [-0.2, 0) is 42.7 Å². The Bertz CT molecular complexity index is 3510. The second kappa shape index (κ2) is 39.8. The summed E-state index contributed by atoms with van der Waals surface area (Å²) in [6.07, 6.45) is 0.204. The van der Waals surface area contributed by atoms with Crippen LogP contribution in [0.4, 0.5) is 45.5 Å². The van der Waals surface area contributed by atoms with E-state index < -0.39 is 27.1 Å². The van der Waals surface area contributed by atoms with Crippen LogP contribution in [0.2, 0.25) is 0 Å². The molecule has 564 valence electrons. The second-order valence-electron chi connectivity index (χ2n) is 27.3. The van der Waals surface area contributed by atoms with Gasteiger partial charge in [0, 0.05) is 134 Å². The number of phenols is 1. The summed E-state index contributed by atoms with van der Waals surface area (Å²) in [6, 6.07) is 28.6. The van der Waals surface area contributed by atoms with Crippen molar-refractivity contribution in [2.24, 2.45) is 0 Å². The zero-order valence-electron chi connectivity index (χ0n) is 60.6. The van der Waals surface area contributed by atoms with Gasteiger partial charge in [0.25, 0.3) is 10.1 Å². The number of carbonyl (C=O) groups is 3. The van der Waals surface area contributed by atoms with E-state index in [2.05, 4.69) is 45.1 Å². The monoisotopic (exact) mass is 1450 g/mol. The number of nitrogens with zero attached hydrogens (tertiary/aromatic N) is 6. The third-order valence-electron chi connectivity index (χ3n) is 16.1. The molecule has 0 spiro atoms. The summed E-state index contributed by atoms with van der Waals surface area (Å²) in [5.74, 6) is 0.149. The first-order valence-electron chi connectivity index (χ1n) is 34.9. The lowest BCUT2D eigenvalue weighted by molar-refractivity contribution is -0.0936. The molecule has 8 aliphatic heterocycles. The highest BCUT2D eigenvalue weighted by atomic mass is 32.2. The van der Waals surface area contributed by atoms with Gasteiger partial charge in [-0.05, 0) is 116 Å². The van der Waals surface area contributed by atoms with Crippen LogP contribution >= 0.6 is 0 Å². The maximum atomic E-state index is 14.4. The highest BCUT2D eigenvalue weighted by molar-refractivity contribution is 7.86. The van der Waals surface area contributed by atoms with Crippen molar-refractivity contribution in [2.75, 3.05) is 177 Å². The molecule has 8 heterocycles. The minimum absolute atomic E-state index is 0.0163. The Kier molecular flexibility index (Phi) is 31.9. The smallest absolute Gasteiger partial charge is 0.410 e. The second-order valence-corrected chi connectivity index (χ2v) is 28.9. The first-order valence-corrected chi connectivity index (χ1v) is 36.4. The first kappa shape index (κ1) is 81.6. The molecule has 0 aliphatic carbocycles. The minimum Gasteiger partial charge on any atom is -0.508 e. The summed E-state index contributed by atoms with van der Waals surface area (Å²) in [5, 5.41) is 24.1. The molecule has 0 unspecified atom stereocenters. The highest BCUT2D eigenvalue weighted by Gasteiger charge is 2.31. The van der Waals surface area contributed by atoms with Gasteiger partial charge in [0.2, 0.25) is 0 Å². The Labute approximate surface area is 599 Å². The van der Waals surface area contributed by atoms with Gasteiger partial charge in [-0.1, -0.05) is 50.1 Å². The fourth-order valence-electron chi connectivity index (χ4n) is 10.4. The lowest BCUT2D eigenvalue weighted by Gasteiger charge is -2.37. The number of rotatable bonds is 12. The Balaban J connectivity index is 0.000000175. The molecular weight excluding hydrogens is 1350 g/mol. The molecular formula is C74H105F3N8O16S. The molecule has 0 atom stereocenters. The van der Waals surface area contributed by atoms with E-state index >= 15 is 0 Å². The molecule has 2 amide bonds. The zero-order chi connectivity index (χ0) is 74.0. The third kappa shape index (κ3) is 27.2. The van der Waals surface area contributed by atoms with E-state index in [0.717, 1.165) is 75.2 Å². The van der Waals surface area contributed by atoms with Gasteiger partial charge in [0.1, 0.15) is 70.3 Å². The summed E-state index contributed by atoms with van der Waals surface area (Å²) < 4.78 is 112. The Morgan fingerprint density at radius 3 is 1.25 bits per heavy atom. The number of carbonyl (C=O) groups excluding carboxylic acids is 3. The lowest BCUT2D eigenvalue weighted by atomic mass is 10.1. The fourth-order valence-corrected chi connectivity index (χ4v) is 11.5. The minimum atomic E-state index is -3.62. The lowest BCUT2D eigenvalue weighted by Crippen LogP contribution is -2.50. The number of hydrogen-bond acceptors (Lipinski definition) is 22. The number of nitrogens with one attached hydrogen (secondary N) is 2. The number of amides is 2. The van der Waals surface area contributed by atoms with Gasteiger partial charge in [0.05, 0.1) is 74.8 Å². The topological polar surface area (TPSA) is 252 Å². The van der Waals surface area contributed by atoms with E-state index in [1.165, 1.54) is 24.6 Å². The van der Waals surface area contributed by atoms with Crippen LogP contribution in [0.25, 0.3) is 0 Å². The van der Waals surface area contributed by atoms with E-state index in [4.69, 9.17) is 42.4 Å². The molecule has 0 radical (unpaired) electrons. The predicted octanol–water partition coefficient (Wildman–Crippen LogP) is 9.45. The van der Waals surface area contributed by atoms with Crippen molar-refractivity contribution in [3.05, 3.63) is 132 Å². The van der Waals surface area contributed by atoms with Gasteiger partial charge in [-0.3, -0.25) is 8.98 Å². The van der Waals surface area contributed by atoms with Crippen molar-refractivity contribution in [1.82, 2.24) is 20.4 Å². The molecule has 8 saturated heterocycles. The summed E-state index contributed by atoms with van der Waals surface area (Å²) in [5.41, 5.74) is 3.57. The Hall–Kier alpha value is -7.67. The number of anilines is 4. The highest BCUT2D eigenvalue weighted by Crippen LogP contribution is 2.30. The molecule has 0 bridgehead atoms. The van der Waals surface area contributed by atoms with Gasteiger partial charge in [-0.25, -0.2) is 22.8 Å². The molecule has 8 aliphatic rings. The van der Waals surface area contributed by atoms with Crippen LogP contribution in [0.1, 0.15) is 84.7 Å². The van der Waals surface area contributed by atoms with Gasteiger partial charge >= 0.3 is 12.2 Å². The van der Waals surface area contributed by atoms with Crippen molar-refractivity contribution < 1.29 is 88.3 Å². The normalized spacial score (nSPS) is 17.9. The van der Waals surface area contributed by atoms with E-state index in [0.29, 0.717) is 134 Å². The molecule has 5 aromatic rings. The van der Waals surface area contributed by atoms with Gasteiger partial charge < -0.3 is 88.1 Å². The summed E-state index contributed by atoms with van der Waals surface area (Å²) in [6.45, 7) is 34.6. The standard InChI is InChI=1S/C18H25FN2O4.C15H21FN2O3.C13H17FN2O2.C12H16N2O.C10H12O4S.C3H6O2.C3H8/c1-18(2,3)25-17(22)21-8-6-20(7-9-21)16-5-4-13(10-15(16)19)24-14-11-23-12-14;1-15(2,3)21-14(20)18-8-6-17(7-9-18)13-5-4-11(19)10-12(13)16;14-12-7-10(18-11-8-17-9-11)1-2-13(12)16-5-3-15-4-6-16;1-10(15)11-3-2-4-12(9-11)14-7-5-13-6-8-14;1-8-2-4-10(5-3-8)15(11,12)14-9-6-13-7-9;4-3-1-5-2-3;1-3-2/h4-5,10,14H,6-9,11-12H2,1-3H3;4-5,10,19H,6-9H2,1-3H3;1-2,7,11,15H,3-6,8-9H2;2-4,9,13H,5-8H2,1H3;2-5,9H,6-7H2,1H3;3-4H,1-2H2;3H2,1-2H3. The molecule has 28 heteroatoms. The number of halogens is 3. The van der Waals surface area contributed by atoms with Crippen LogP contribution in [-0.4, -0.2) is 240 Å². The van der Waals surface area contributed by atoms with Gasteiger partial charge in [-0.15, -0.1) is 0 Å². The summed E-state index contributed by atoms with van der Waals surface area (Å²) in [7, 11) is -3.62. The predicted molar refractivity (Wildman–Crippen MR) is 385 cm³/mol. The summed E-state index contributed by atoms with van der Waals surface area (Å²) >= 11 is 0. The number of piperazine rings is 4. The molecule has 13 rings (SSSR count). The number of phenolic OH excluding ortho intramolecular Hbond substituents is 1. The van der Waals surface area contributed by atoms with Crippen molar-refractivity contribution in [3.63, 3.8) is 0 Å². The number of ether oxygens (including phenoxy) is 8. The average molecular weight is 1450 g/mol. The number of hydrogen-bond donors (Lipinski definition) is 4. The molecule has 4 N–H and O–H groups in total. The Morgan fingerprint density at radius 1 is 0.520 bits per heavy atom. The van der Waals surface area contributed by atoms with E-state index in [1.807, 2.05) is 82.5 Å². The number of ketones is 1. The van der Waals surface area contributed by atoms with Crippen LogP contribution in [0, 0.1) is 24.4 Å². The average Bonchev–Trinajstić information content (AvgIpc) is 0.831. The SMILES string of the molecule is CC(=O)c1cccc(N2CCNCC2)c1.CC(C)(C)OC(=O)N1CCN(c2ccc(O)cc2F)CC1.CC(C)(C)OC(=O)N1CCN(c2ccc(OC3COC3)cc2F)CC1.CCC.Cc1ccc(S(=O)(=O)OC2COC2)cc1.Fc1cc(OC2COC2)ccc1N1CCNCC1.OC1COC1. The van der Waals surface area contributed by atoms with E-state index in [-0.39, 0.29) is 64.7 Å². The molecule has 0 saturated carbocycles. The number of aryl methyl sites for hydroxylation is 1. The largest absolute Gasteiger partial charge is 0.508 e. The third-order valence-corrected chi connectivity index (χ3v) is 17.5. The number of aromatic hydroxyl groups is 1. The van der Waals surface area contributed by atoms with Crippen LogP contribution in [0.15, 0.2) is 108 Å². The Morgan fingerprint density at radius 2 is 0.902 bits per heavy atom. The maximum absolute atomic E-state index is 14.4. The van der Waals surface area contributed by atoms with Crippen LogP contribution in [0.3, 0.4) is 0 Å². The van der Waals surface area contributed by atoms with Crippen LogP contribution < -0.4 is 39.7 Å². The molecule has 8 fully saturated rings. The van der Waals surface area contributed by atoms with E-state index in [9.17, 15) is 41.1 Å². The van der Waals surface area contributed by atoms with Crippen molar-refractivity contribution >= 4 is 50.8 Å². The number of benzene rings is 5. The molecule has 5 aromatic carbocycles. The molecule has 24 nitrogen and oxygen atoms in total. The van der Waals surface area contributed by atoms with E-state index in [1.54, 1.807) is 65.3 Å².